The van der Waals surface area contributed by atoms with Gasteiger partial charge in [-0.3, -0.25) is 4.79 Å². The summed E-state index contributed by atoms with van der Waals surface area (Å²) >= 11 is 4.87. The lowest BCUT2D eigenvalue weighted by molar-refractivity contribution is -0.124. The van der Waals surface area contributed by atoms with Gasteiger partial charge in [-0.05, 0) is 36.3 Å². The average molecular weight is 573 g/mol. The van der Waals surface area contributed by atoms with Gasteiger partial charge in [0.25, 0.3) is 0 Å². The lowest BCUT2D eigenvalue weighted by atomic mass is 10.1. The number of benzene rings is 2. The van der Waals surface area contributed by atoms with Gasteiger partial charge in [0.15, 0.2) is 26.6 Å². The number of fused-ring (bicyclic) bond motifs is 1. The van der Waals surface area contributed by atoms with Gasteiger partial charge in [-0.2, -0.15) is 13.2 Å². The number of hydrogen-bond donors (Lipinski definition) is 4. The van der Waals surface area contributed by atoms with Crippen molar-refractivity contribution in [1.29, 1.82) is 0 Å². The van der Waals surface area contributed by atoms with E-state index in [0.29, 0.717) is 16.7 Å². The van der Waals surface area contributed by atoms with Crippen LogP contribution in [0.2, 0.25) is 0 Å². The summed E-state index contributed by atoms with van der Waals surface area (Å²) in [6, 6.07) is 12.5. The van der Waals surface area contributed by atoms with Crippen molar-refractivity contribution in [3.05, 3.63) is 66.1 Å². The van der Waals surface area contributed by atoms with Gasteiger partial charge in [0.05, 0.1) is 17.5 Å². The molecule has 14 heteroatoms. The van der Waals surface area contributed by atoms with Gasteiger partial charge in [0, 0.05) is 0 Å². The molecule has 0 spiro atoms. The molecule has 2 aromatic carbocycles. The highest BCUT2D eigenvalue weighted by Gasteiger charge is 2.33. The van der Waals surface area contributed by atoms with Gasteiger partial charge < -0.3 is 25.5 Å². The second-order valence-corrected chi connectivity index (χ2v) is 11.0. The normalized spacial score (nSPS) is 14.4. The Morgan fingerprint density at radius 3 is 2.39 bits per heavy atom. The fourth-order valence-electron chi connectivity index (χ4n) is 3.59. The average Bonchev–Trinajstić information content (AvgIpc) is 3.29. The Bertz CT molecular complexity index is 1320. The van der Waals surface area contributed by atoms with Crippen molar-refractivity contribution in [1.82, 2.24) is 20.9 Å². The number of carbonyl (C=O) groups excluding carboxylic acids is 1. The maximum Gasteiger partial charge on any atom is 0.405 e. The predicted octanol–water partition coefficient (Wildman–Crippen LogP) is 2.77. The summed E-state index contributed by atoms with van der Waals surface area (Å²) in [6.07, 6.45) is -5.76. The van der Waals surface area contributed by atoms with E-state index in [4.69, 9.17) is 16.6 Å². The van der Waals surface area contributed by atoms with E-state index in [9.17, 15) is 31.5 Å². The molecule has 1 amide bonds. The number of carbonyl (C=O) groups is 1. The van der Waals surface area contributed by atoms with Crippen molar-refractivity contribution in [2.24, 2.45) is 0 Å². The number of aliphatic hydroxyl groups is 1. The van der Waals surface area contributed by atoms with Crippen LogP contribution in [-0.2, 0) is 20.4 Å². The number of nitrogens with zero attached hydrogens (tertiary/aromatic N) is 1. The predicted molar refractivity (Wildman–Crippen MR) is 139 cm³/mol. The number of alkyl halides is 3. The van der Waals surface area contributed by atoms with Crippen molar-refractivity contribution < 1.29 is 35.9 Å². The molecule has 1 aromatic heterocycles. The Morgan fingerprint density at radius 1 is 1.11 bits per heavy atom. The van der Waals surface area contributed by atoms with Crippen molar-refractivity contribution >= 4 is 44.2 Å². The van der Waals surface area contributed by atoms with Crippen LogP contribution in [0.3, 0.4) is 0 Å². The zero-order chi connectivity index (χ0) is 27.9. The molecule has 3 aromatic rings. The van der Waals surface area contributed by atoms with E-state index in [-0.39, 0.29) is 12.3 Å². The zero-order valence-electron chi connectivity index (χ0n) is 20.2. The summed E-state index contributed by atoms with van der Waals surface area (Å²) in [5.74, 6) is -2.11. The smallest absolute Gasteiger partial charge is 0.405 e. The van der Waals surface area contributed by atoms with Gasteiger partial charge in [0.1, 0.15) is 18.1 Å². The molecule has 9 nitrogen and oxygen atoms in total. The minimum atomic E-state index is -4.58. The molecule has 0 radical (unpaired) electrons. The van der Waals surface area contributed by atoms with E-state index in [1.807, 2.05) is 5.32 Å². The highest BCUT2D eigenvalue weighted by atomic mass is 32.2. The van der Waals surface area contributed by atoms with Crippen molar-refractivity contribution in [3.63, 3.8) is 0 Å². The molecule has 3 unspecified atom stereocenters. The minimum absolute atomic E-state index is 0.0538. The number of rotatable bonds is 11. The first-order valence-electron chi connectivity index (χ1n) is 11.6. The number of aromatic nitrogens is 1. The molecule has 0 fully saturated rings. The quantitative estimate of drug-likeness (QED) is 0.256. The molecule has 3 atom stereocenters. The van der Waals surface area contributed by atoms with Crippen LogP contribution >= 0.6 is 12.2 Å². The summed E-state index contributed by atoms with van der Waals surface area (Å²) < 4.78 is 69.1. The minimum Gasteiger partial charge on any atom is -0.438 e. The van der Waals surface area contributed by atoms with Gasteiger partial charge in [-0.15, -0.1) is 0 Å². The molecule has 3 rings (SSSR count). The number of amides is 1. The Balaban J connectivity index is 1.77. The summed E-state index contributed by atoms with van der Waals surface area (Å²) in [7, 11) is -3.93. The highest BCUT2D eigenvalue weighted by Crippen LogP contribution is 2.23. The molecule has 38 heavy (non-hydrogen) atoms. The lowest BCUT2D eigenvalue weighted by Crippen LogP contribution is -2.56. The van der Waals surface area contributed by atoms with E-state index in [2.05, 4.69) is 15.6 Å². The SMILES string of the molecule is CCC(NC(=O)C(CS(=O)(=O)Cc1ccccc1)NC(=S)NCC(F)(F)F)C(O)c1nc2ccccc2o1. The van der Waals surface area contributed by atoms with Crippen LogP contribution in [0.25, 0.3) is 11.1 Å². The number of thiocarbonyl (C=S) groups is 1. The van der Waals surface area contributed by atoms with Crippen LogP contribution in [0.4, 0.5) is 13.2 Å². The van der Waals surface area contributed by atoms with E-state index in [0.717, 1.165) is 0 Å². The monoisotopic (exact) mass is 572 g/mol. The molecular weight excluding hydrogens is 545 g/mol. The number of hydrogen-bond acceptors (Lipinski definition) is 7. The van der Waals surface area contributed by atoms with Gasteiger partial charge in [-0.1, -0.05) is 49.4 Å². The standard InChI is InChI=1S/C24H27F3N4O5S2/c1-2-16(20(32)22-30-17-10-6-7-11-19(17)36-22)29-21(33)18(31-23(37)28-14-24(25,26)27)13-38(34,35)12-15-8-4-3-5-9-15/h3-11,16,18,20,32H,2,12-14H2,1H3,(H,29,33)(H2,28,31,37). The Morgan fingerprint density at radius 2 is 1.76 bits per heavy atom. The third kappa shape index (κ3) is 8.67. The number of para-hydroxylation sites is 2. The highest BCUT2D eigenvalue weighted by molar-refractivity contribution is 7.90. The van der Waals surface area contributed by atoms with E-state index in [1.165, 1.54) is 0 Å². The topological polar surface area (TPSA) is 134 Å². The second-order valence-electron chi connectivity index (χ2n) is 8.52. The lowest BCUT2D eigenvalue weighted by Gasteiger charge is -2.25. The molecule has 0 aliphatic rings. The molecule has 0 saturated heterocycles. The van der Waals surface area contributed by atoms with E-state index >= 15 is 0 Å². The third-order valence-corrected chi connectivity index (χ3v) is 7.31. The van der Waals surface area contributed by atoms with Gasteiger partial charge in [0.2, 0.25) is 11.8 Å². The van der Waals surface area contributed by atoms with Crippen molar-refractivity contribution in [2.75, 3.05) is 12.3 Å². The zero-order valence-corrected chi connectivity index (χ0v) is 21.9. The fraction of sp³-hybridized carbons (Fsp3) is 0.375. The van der Waals surface area contributed by atoms with Crippen molar-refractivity contribution in [2.45, 2.75) is 43.5 Å². The summed E-state index contributed by atoms with van der Waals surface area (Å²) in [5, 5.41) is 17.1. The summed E-state index contributed by atoms with van der Waals surface area (Å²) in [5.41, 5.74) is 1.40. The van der Waals surface area contributed by atoms with Crippen molar-refractivity contribution in [3.8, 4) is 0 Å². The van der Waals surface area contributed by atoms with Crippen LogP contribution in [-0.4, -0.2) is 60.1 Å². The molecule has 0 saturated carbocycles. The first-order chi connectivity index (χ1) is 17.9. The number of aliphatic hydroxyl groups excluding tert-OH is 1. The maximum absolute atomic E-state index is 13.2. The molecule has 4 N–H and O–H groups in total. The molecular formula is C24H27F3N4O5S2. The summed E-state index contributed by atoms with van der Waals surface area (Å²) in [6.45, 7) is 0.193. The molecule has 0 aliphatic carbocycles. The van der Waals surface area contributed by atoms with Gasteiger partial charge in [-0.25, -0.2) is 13.4 Å². The van der Waals surface area contributed by atoms with Crippen LogP contribution in [0.5, 0.6) is 0 Å². The second kappa shape index (κ2) is 12.5. The maximum atomic E-state index is 13.2. The van der Waals surface area contributed by atoms with E-state index < -0.39 is 63.3 Å². The number of nitrogens with one attached hydrogen (secondary N) is 3. The van der Waals surface area contributed by atoms with E-state index in [1.54, 1.807) is 61.5 Å². The molecule has 0 bridgehead atoms. The van der Waals surface area contributed by atoms with Crippen LogP contribution in [0.15, 0.2) is 59.0 Å². The first kappa shape index (κ1) is 29.3. The van der Waals surface area contributed by atoms with Gasteiger partial charge >= 0.3 is 6.18 Å². The van der Waals surface area contributed by atoms with Crippen LogP contribution < -0.4 is 16.0 Å². The largest absolute Gasteiger partial charge is 0.438 e. The van der Waals surface area contributed by atoms with Crippen LogP contribution in [0, 0.1) is 0 Å². The first-order valence-corrected chi connectivity index (χ1v) is 13.8. The number of oxazole rings is 1. The molecule has 1 heterocycles. The molecule has 0 aliphatic heterocycles. The summed E-state index contributed by atoms with van der Waals surface area (Å²) in [4.78, 5) is 17.4. The number of sulfone groups is 1. The fourth-order valence-corrected chi connectivity index (χ4v) is 5.37. The Hall–Kier alpha value is -3.23. The number of halogens is 3. The van der Waals surface area contributed by atoms with Crippen LogP contribution in [0.1, 0.15) is 30.9 Å². The third-order valence-electron chi connectivity index (χ3n) is 5.43. The Kier molecular flexibility index (Phi) is 9.68. The Labute approximate surface area is 222 Å². The molecule has 206 valence electrons.